The Morgan fingerprint density at radius 3 is 2.58 bits per heavy atom. The number of nitrogens with zero attached hydrogens (tertiary/aromatic N) is 1. The highest BCUT2D eigenvalue weighted by Gasteiger charge is 2.34. The molecule has 0 aliphatic carbocycles. The van der Waals surface area contributed by atoms with Gasteiger partial charge in [0.1, 0.15) is 0 Å². The summed E-state index contributed by atoms with van der Waals surface area (Å²) in [7, 11) is -3.55. The summed E-state index contributed by atoms with van der Waals surface area (Å²) < 4.78 is 27.6. The van der Waals surface area contributed by atoms with Crippen LogP contribution in [-0.2, 0) is 14.8 Å². The summed E-state index contributed by atoms with van der Waals surface area (Å²) in [4.78, 5) is 14.6. The van der Waals surface area contributed by atoms with Crippen molar-refractivity contribution in [3.63, 3.8) is 0 Å². The lowest BCUT2D eigenvalue weighted by molar-refractivity contribution is -0.132. The summed E-state index contributed by atoms with van der Waals surface area (Å²) in [6.45, 7) is 3.95. The summed E-state index contributed by atoms with van der Waals surface area (Å²) in [6, 6.07) is 6.22. The van der Waals surface area contributed by atoms with Gasteiger partial charge in [0.15, 0.2) is 0 Å². The third-order valence-corrected chi connectivity index (χ3v) is 6.88. The minimum absolute atomic E-state index is 0.0901. The number of benzene rings is 1. The molecule has 2 atom stereocenters. The molecule has 0 saturated carbocycles. The van der Waals surface area contributed by atoms with Crippen LogP contribution in [0.3, 0.4) is 0 Å². The molecule has 2 heterocycles. The van der Waals surface area contributed by atoms with Gasteiger partial charge in [-0.1, -0.05) is 17.7 Å². The monoisotopic (exact) mass is 369 g/mol. The Morgan fingerprint density at radius 1 is 1.25 bits per heavy atom. The molecule has 6 nitrogen and oxygen atoms in total. The van der Waals surface area contributed by atoms with E-state index in [2.05, 4.69) is 10.0 Å². The number of hydrogen-bond acceptors (Lipinski definition) is 5. The molecule has 24 heavy (non-hydrogen) atoms. The van der Waals surface area contributed by atoms with Crippen LogP contribution in [0.1, 0.15) is 12.0 Å². The third kappa shape index (κ3) is 4.11. The zero-order valence-corrected chi connectivity index (χ0v) is 15.3. The van der Waals surface area contributed by atoms with E-state index >= 15 is 0 Å². The lowest BCUT2D eigenvalue weighted by atomic mass is 10.1. The number of thioether (sulfide) groups is 1. The Morgan fingerprint density at radius 2 is 1.92 bits per heavy atom. The van der Waals surface area contributed by atoms with Crippen molar-refractivity contribution in [2.75, 3.05) is 31.1 Å². The molecule has 8 heteroatoms. The number of nitrogens with one attached hydrogen (secondary N) is 2. The molecule has 1 aromatic rings. The van der Waals surface area contributed by atoms with Crippen molar-refractivity contribution in [3.05, 3.63) is 29.8 Å². The van der Waals surface area contributed by atoms with E-state index in [9.17, 15) is 13.2 Å². The predicted octanol–water partition coefficient (Wildman–Crippen LogP) is 0.579. The Kier molecular flexibility index (Phi) is 5.49. The number of amides is 1. The van der Waals surface area contributed by atoms with Gasteiger partial charge in [0, 0.05) is 37.2 Å². The molecule has 0 radical (unpaired) electrons. The van der Waals surface area contributed by atoms with Gasteiger partial charge in [0.05, 0.1) is 10.9 Å². The van der Waals surface area contributed by atoms with Crippen molar-refractivity contribution < 1.29 is 13.2 Å². The quantitative estimate of drug-likeness (QED) is 0.812. The van der Waals surface area contributed by atoms with Crippen molar-refractivity contribution in [3.8, 4) is 0 Å². The summed E-state index contributed by atoms with van der Waals surface area (Å²) in [5.41, 5.74) is 1.02. The Balaban J connectivity index is 1.59. The van der Waals surface area contributed by atoms with Gasteiger partial charge in [-0.05, 0) is 25.5 Å². The van der Waals surface area contributed by atoms with Gasteiger partial charge in [-0.25, -0.2) is 13.1 Å². The number of rotatable bonds is 4. The molecule has 3 rings (SSSR count). The average Bonchev–Trinajstić information content (AvgIpc) is 3.03. The van der Waals surface area contributed by atoms with E-state index in [1.165, 1.54) is 0 Å². The molecule has 2 fully saturated rings. The Bertz CT molecular complexity index is 685. The third-order valence-electron chi connectivity index (χ3n) is 4.40. The second kappa shape index (κ2) is 7.43. The van der Waals surface area contributed by atoms with E-state index in [-0.39, 0.29) is 22.9 Å². The first-order valence-corrected chi connectivity index (χ1v) is 10.8. The Labute approximate surface area is 147 Å². The minimum atomic E-state index is -3.55. The largest absolute Gasteiger partial charge is 0.340 e. The van der Waals surface area contributed by atoms with E-state index in [0.29, 0.717) is 13.0 Å². The summed E-state index contributed by atoms with van der Waals surface area (Å²) in [5, 5.41) is 3.16. The number of aryl methyl sites for hydroxylation is 1. The zero-order valence-electron chi connectivity index (χ0n) is 13.7. The topological polar surface area (TPSA) is 78.5 Å². The highest BCUT2D eigenvalue weighted by molar-refractivity contribution is 7.99. The fraction of sp³-hybridized carbons (Fsp3) is 0.562. The summed E-state index contributed by atoms with van der Waals surface area (Å²) >= 11 is 1.86. The fourth-order valence-electron chi connectivity index (χ4n) is 3.02. The highest BCUT2D eigenvalue weighted by atomic mass is 32.2. The average molecular weight is 370 g/mol. The van der Waals surface area contributed by atoms with Crippen LogP contribution in [0.2, 0.25) is 0 Å². The predicted molar refractivity (Wildman–Crippen MR) is 95.6 cm³/mol. The summed E-state index contributed by atoms with van der Waals surface area (Å²) in [6.07, 6.45) is 0.494. The van der Waals surface area contributed by atoms with Crippen LogP contribution in [0, 0.1) is 6.92 Å². The summed E-state index contributed by atoms with van der Waals surface area (Å²) in [5.74, 6) is 2.04. The van der Waals surface area contributed by atoms with Crippen molar-refractivity contribution in [1.82, 2.24) is 14.9 Å². The normalized spacial score (nSPS) is 25.0. The van der Waals surface area contributed by atoms with E-state index < -0.39 is 10.0 Å². The van der Waals surface area contributed by atoms with Gasteiger partial charge in [-0.3, -0.25) is 4.79 Å². The van der Waals surface area contributed by atoms with Crippen LogP contribution in [0.5, 0.6) is 0 Å². The molecule has 2 N–H and O–H groups in total. The first-order valence-electron chi connectivity index (χ1n) is 8.14. The molecule has 2 saturated heterocycles. The molecule has 1 aromatic carbocycles. The molecular formula is C16H23N3O3S2. The second-order valence-corrected chi connectivity index (χ2v) is 9.20. The second-order valence-electron chi connectivity index (χ2n) is 6.27. The number of sulfonamides is 1. The molecule has 1 amide bonds. The first kappa shape index (κ1) is 17.7. The van der Waals surface area contributed by atoms with Crippen molar-refractivity contribution >= 4 is 27.7 Å². The van der Waals surface area contributed by atoms with Crippen LogP contribution in [-0.4, -0.2) is 62.4 Å². The van der Waals surface area contributed by atoms with Crippen LogP contribution in [0.25, 0.3) is 0 Å². The molecule has 0 bridgehead atoms. The molecule has 2 aliphatic rings. The van der Waals surface area contributed by atoms with E-state index in [4.69, 9.17) is 0 Å². The van der Waals surface area contributed by atoms with E-state index in [1.54, 1.807) is 24.3 Å². The Hall–Kier alpha value is -1.09. The van der Waals surface area contributed by atoms with Crippen LogP contribution in [0.4, 0.5) is 0 Å². The lowest BCUT2D eigenvalue weighted by Crippen LogP contribution is -2.47. The maximum absolute atomic E-state index is 12.5. The molecule has 132 valence electrons. The van der Waals surface area contributed by atoms with Gasteiger partial charge >= 0.3 is 0 Å². The smallest absolute Gasteiger partial charge is 0.240 e. The maximum atomic E-state index is 12.5. The molecule has 0 aromatic heterocycles. The standard InChI is InChI=1S/C16H23N3O3S2/c1-12-2-4-14(5-3-12)24(21,22)18-13-10-15(17-11-13)16(20)19-6-8-23-9-7-19/h2-5,13,15,17-18H,6-11H2,1H3/t13-,15-/m0/s1. The fourth-order valence-corrected chi connectivity index (χ4v) is 5.17. The highest BCUT2D eigenvalue weighted by Crippen LogP contribution is 2.17. The van der Waals surface area contributed by atoms with E-state index in [0.717, 1.165) is 30.2 Å². The molecule has 2 aliphatic heterocycles. The van der Waals surface area contributed by atoms with Gasteiger partial charge in [0.25, 0.3) is 0 Å². The van der Waals surface area contributed by atoms with Crippen molar-refractivity contribution in [2.45, 2.75) is 30.3 Å². The van der Waals surface area contributed by atoms with Crippen LogP contribution < -0.4 is 10.0 Å². The van der Waals surface area contributed by atoms with Crippen LogP contribution in [0.15, 0.2) is 29.2 Å². The molecule has 0 spiro atoms. The first-order chi connectivity index (χ1) is 11.5. The zero-order chi connectivity index (χ0) is 17.2. The number of carbonyl (C=O) groups excluding carboxylic acids is 1. The minimum Gasteiger partial charge on any atom is -0.340 e. The SMILES string of the molecule is Cc1ccc(S(=O)(=O)N[C@@H]2CN[C@H](C(=O)N3CCSCC3)C2)cc1. The van der Waals surface area contributed by atoms with Crippen molar-refractivity contribution in [1.29, 1.82) is 0 Å². The molecule has 0 unspecified atom stereocenters. The lowest BCUT2D eigenvalue weighted by Gasteiger charge is -2.28. The van der Waals surface area contributed by atoms with Gasteiger partial charge in [-0.2, -0.15) is 11.8 Å². The van der Waals surface area contributed by atoms with Gasteiger partial charge < -0.3 is 10.2 Å². The van der Waals surface area contributed by atoms with Gasteiger partial charge in [0.2, 0.25) is 15.9 Å². The molecular weight excluding hydrogens is 346 g/mol. The number of carbonyl (C=O) groups is 1. The van der Waals surface area contributed by atoms with E-state index in [1.807, 2.05) is 23.6 Å². The van der Waals surface area contributed by atoms with Crippen molar-refractivity contribution in [2.24, 2.45) is 0 Å². The number of hydrogen-bond donors (Lipinski definition) is 2. The van der Waals surface area contributed by atoms with Crippen LogP contribution >= 0.6 is 11.8 Å². The van der Waals surface area contributed by atoms with Gasteiger partial charge in [-0.15, -0.1) is 0 Å². The maximum Gasteiger partial charge on any atom is 0.240 e.